The first kappa shape index (κ1) is 28.5. The van der Waals surface area contributed by atoms with E-state index in [1.165, 1.54) is 13.5 Å². The molecule has 0 aliphatic heterocycles. The van der Waals surface area contributed by atoms with Crippen LogP contribution in [0.3, 0.4) is 0 Å². The van der Waals surface area contributed by atoms with E-state index in [1.54, 1.807) is 0 Å². The maximum absolute atomic E-state index is 12.3. The van der Waals surface area contributed by atoms with E-state index < -0.39 is 11.7 Å². The van der Waals surface area contributed by atoms with E-state index in [1.807, 2.05) is 51.1 Å². The SMILES string of the molecule is C=C(C/C=C/CCCCCCCC(=O)OC)CCC(NC(=O)OC(C)(C)C)c1ccccc1. The zero-order valence-corrected chi connectivity index (χ0v) is 21.0. The Morgan fingerprint density at radius 2 is 1.67 bits per heavy atom. The van der Waals surface area contributed by atoms with Crippen LogP contribution in [0.1, 0.15) is 96.6 Å². The molecule has 0 aliphatic carbocycles. The van der Waals surface area contributed by atoms with Gasteiger partial charge in [0.1, 0.15) is 5.60 Å². The zero-order chi connectivity index (χ0) is 24.5. The number of methoxy groups -OCH3 is 1. The summed E-state index contributed by atoms with van der Waals surface area (Å²) >= 11 is 0. The average Bonchev–Trinajstić information content (AvgIpc) is 2.77. The van der Waals surface area contributed by atoms with Crippen LogP contribution in [0.2, 0.25) is 0 Å². The Labute approximate surface area is 200 Å². The van der Waals surface area contributed by atoms with E-state index in [9.17, 15) is 9.59 Å². The lowest BCUT2D eigenvalue weighted by Crippen LogP contribution is -2.35. The Balaban J connectivity index is 2.31. The molecule has 33 heavy (non-hydrogen) atoms. The molecular formula is C28H43NO4. The van der Waals surface area contributed by atoms with Crippen LogP contribution in [0, 0.1) is 0 Å². The standard InChI is InChI=1S/C28H43NO4/c1-23(17-13-10-8-6-7-9-11-16-20-26(30)32-5)21-22-25(24-18-14-12-15-19-24)29-27(31)33-28(2,3)4/h10,12-15,18-19,25H,1,6-9,11,16-17,20-22H2,2-5H3,(H,29,31)/b13-10+. The van der Waals surface area contributed by atoms with Crippen LogP contribution >= 0.6 is 0 Å². The molecule has 0 saturated heterocycles. The molecule has 5 nitrogen and oxygen atoms in total. The summed E-state index contributed by atoms with van der Waals surface area (Å²) in [6.07, 6.45) is 13.6. The smallest absolute Gasteiger partial charge is 0.408 e. The number of allylic oxidation sites excluding steroid dienone is 3. The van der Waals surface area contributed by atoms with E-state index in [0.717, 1.165) is 62.5 Å². The normalized spacial score (nSPS) is 12.4. The number of hydrogen-bond acceptors (Lipinski definition) is 4. The van der Waals surface area contributed by atoms with Gasteiger partial charge in [-0.05, 0) is 64.9 Å². The van der Waals surface area contributed by atoms with Crippen molar-refractivity contribution in [3.8, 4) is 0 Å². The number of ether oxygens (including phenoxy) is 2. The Hall–Kier alpha value is -2.56. The number of carbonyl (C=O) groups is 2. The molecule has 1 aromatic carbocycles. The Morgan fingerprint density at radius 1 is 1.00 bits per heavy atom. The molecule has 0 spiro atoms. The molecule has 184 valence electrons. The van der Waals surface area contributed by atoms with Crippen molar-refractivity contribution in [3.63, 3.8) is 0 Å². The minimum atomic E-state index is -0.525. The summed E-state index contributed by atoms with van der Waals surface area (Å²) in [5, 5.41) is 3.01. The first-order valence-corrected chi connectivity index (χ1v) is 12.1. The summed E-state index contributed by atoms with van der Waals surface area (Å²) in [4.78, 5) is 23.4. The van der Waals surface area contributed by atoms with Crippen LogP contribution < -0.4 is 5.32 Å². The highest BCUT2D eigenvalue weighted by atomic mass is 16.6. The largest absolute Gasteiger partial charge is 0.469 e. The van der Waals surface area contributed by atoms with Gasteiger partial charge in [0.25, 0.3) is 0 Å². The summed E-state index contributed by atoms with van der Waals surface area (Å²) in [7, 11) is 1.44. The topological polar surface area (TPSA) is 64.6 Å². The van der Waals surface area contributed by atoms with Crippen LogP contribution in [-0.2, 0) is 14.3 Å². The van der Waals surface area contributed by atoms with E-state index in [-0.39, 0.29) is 12.0 Å². The number of amides is 1. The number of esters is 1. The van der Waals surface area contributed by atoms with Crippen molar-refractivity contribution >= 4 is 12.1 Å². The predicted molar refractivity (Wildman–Crippen MR) is 135 cm³/mol. The fourth-order valence-electron chi connectivity index (χ4n) is 3.44. The van der Waals surface area contributed by atoms with E-state index in [0.29, 0.717) is 6.42 Å². The summed E-state index contributed by atoms with van der Waals surface area (Å²) in [6, 6.07) is 9.88. The molecule has 0 aromatic heterocycles. The van der Waals surface area contributed by atoms with Gasteiger partial charge in [-0.3, -0.25) is 4.79 Å². The number of alkyl carbamates (subject to hydrolysis) is 1. The van der Waals surface area contributed by atoms with Gasteiger partial charge in [0.05, 0.1) is 13.2 Å². The van der Waals surface area contributed by atoms with Gasteiger partial charge in [-0.25, -0.2) is 4.79 Å². The second kappa shape index (κ2) is 16.1. The third-order valence-corrected chi connectivity index (χ3v) is 5.23. The molecule has 1 rings (SSSR count). The van der Waals surface area contributed by atoms with Gasteiger partial charge in [0.15, 0.2) is 0 Å². The van der Waals surface area contributed by atoms with E-state index in [2.05, 4.69) is 28.8 Å². The average molecular weight is 458 g/mol. The number of nitrogens with one attached hydrogen (secondary N) is 1. The highest BCUT2D eigenvalue weighted by Gasteiger charge is 2.20. The molecule has 0 radical (unpaired) electrons. The summed E-state index contributed by atoms with van der Waals surface area (Å²) in [6.45, 7) is 9.81. The van der Waals surface area contributed by atoms with Crippen molar-refractivity contribution in [1.82, 2.24) is 5.32 Å². The summed E-state index contributed by atoms with van der Waals surface area (Å²) in [5.74, 6) is -0.117. The van der Waals surface area contributed by atoms with Gasteiger partial charge >= 0.3 is 12.1 Å². The van der Waals surface area contributed by atoms with Gasteiger partial charge in [-0.15, -0.1) is 0 Å². The number of hydrogen-bond donors (Lipinski definition) is 1. The zero-order valence-electron chi connectivity index (χ0n) is 21.0. The molecule has 0 aliphatic rings. The van der Waals surface area contributed by atoms with E-state index in [4.69, 9.17) is 4.74 Å². The number of carbonyl (C=O) groups excluding carboxylic acids is 2. The number of rotatable bonds is 15. The molecule has 0 heterocycles. The first-order valence-electron chi connectivity index (χ1n) is 12.1. The van der Waals surface area contributed by atoms with Crippen LogP contribution in [0.25, 0.3) is 0 Å². The van der Waals surface area contributed by atoms with Crippen molar-refractivity contribution in [2.45, 2.75) is 96.6 Å². The molecule has 0 saturated carbocycles. The van der Waals surface area contributed by atoms with Crippen molar-refractivity contribution in [2.75, 3.05) is 7.11 Å². The quantitative estimate of drug-likeness (QED) is 0.169. The molecule has 0 bridgehead atoms. The van der Waals surface area contributed by atoms with Crippen LogP contribution in [0.15, 0.2) is 54.6 Å². The third-order valence-electron chi connectivity index (χ3n) is 5.23. The van der Waals surface area contributed by atoms with Crippen LogP contribution in [0.5, 0.6) is 0 Å². The number of benzene rings is 1. The molecule has 1 unspecified atom stereocenters. The first-order chi connectivity index (χ1) is 15.7. The fourth-order valence-corrected chi connectivity index (χ4v) is 3.44. The summed E-state index contributed by atoms with van der Waals surface area (Å²) < 4.78 is 10.1. The molecule has 5 heteroatoms. The second-order valence-electron chi connectivity index (χ2n) is 9.46. The highest BCUT2D eigenvalue weighted by molar-refractivity contribution is 5.69. The minimum absolute atomic E-state index is 0.110. The van der Waals surface area contributed by atoms with E-state index >= 15 is 0 Å². The fraction of sp³-hybridized carbons (Fsp3) is 0.571. The molecule has 1 amide bonds. The van der Waals surface area contributed by atoms with Gasteiger partial charge in [-0.1, -0.05) is 73.9 Å². The Kier molecular flexibility index (Phi) is 13.9. The maximum atomic E-state index is 12.3. The van der Waals surface area contributed by atoms with Gasteiger partial charge in [0.2, 0.25) is 0 Å². The monoisotopic (exact) mass is 457 g/mol. The van der Waals surface area contributed by atoms with Crippen LogP contribution in [0.4, 0.5) is 4.79 Å². The van der Waals surface area contributed by atoms with Gasteiger partial charge in [0, 0.05) is 6.42 Å². The van der Waals surface area contributed by atoms with Crippen molar-refractivity contribution in [3.05, 3.63) is 60.2 Å². The van der Waals surface area contributed by atoms with Crippen molar-refractivity contribution < 1.29 is 19.1 Å². The molecule has 1 N–H and O–H groups in total. The summed E-state index contributed by atoms with van der Waals surface area (Å²) in [5.41, 5.74) is 1.70. The second-order valence-corrected chi connectivity index (χ2v) is 9.46. The lowest BCUT2D eigenvalue weighted by Gasteiger charge is -2.24. The Bertz CT molecular complexity index is 734. The molecule has 1 aromatic rings. The van der Waals surface area contributed by atoms with Crippen molar-refractivity contribution in [1.29, 1.82) is 0 Å². The highest BCUT2D eigenvalue weighted by Crippen LogP contribution is 2.22. The lowest BCUT2D eigenvalue weighted by atomic mass is 9.98. The van der Waals surface area contributed by atoms with Crippen molar-refractivity contribution in [2.24, 2.45) is 0 Å². The van der Waals surface area contributed by atoms with Gasteiger partial charge < -0.3 is 14.8 Å². The maximum Gasteiger partial charge on any atom is 0.408 e. The predicted octanol–water partition coefficient (Wildman–Crippen LogP) is 7.44. The third kappa shape index (κ3) is 15.0. The lowest BCUT2D eigenvalue weighted by molar-refractivity contribution is -0.140. The van der Waals surface area contributed by atoms with Gasteiger partial charge in [-0.2, -0.15) is 0 Å². The molecule has 1 atom stereocenters. The number of unbranched alkanes of at least 4 members (excludes halogenated alkanes) is 5. The molecular weight excluding hydrogens is 414 g/mol. The molecule has 0 fully saturated rings. The van der Waals surface area contributed by atoms with Crippen LogP contribution in [-0.4, -0.2) is 24.8 Å². The Morgan fingerprint density at radius 3 is 2.33 bits per heavy atom. The minimum Gasteiger partial charge on any atom is -0.469 e.